The number of nitrogens with zero attached hydrogens (tertiary/aromatic N) is 2. The van der Waals surface area contributed by atoms with Gasteiger partial charge in [-0.25, -0.2) is 4.39 Å². The Morgan fingerprint density at radius 2 is 1.68 bits per heavy atom. The summed E-state index contributed by atoms with van der Waals surface area (Å²) in [5, 5.41) is 0. The van der Waals surface area contributed by atoms with E-state index < -0.39 is 11.7 Å². The highest BCUT2D eigenvalue weighted by Crippen LogP contribution is 2.29. The fourth-order valence-electron chi connectivity index (χ4n) is 3.37. The van der Waals surface area contributed by atoms with Gasteiger partial charge in [-0.2, -0.15) is 13.2 Å². The van der Waals surface area contributed by atoms with Gasteiger partial charge in [-0.3, -0.25) is 9.69 Å². The van der Waals surface area contributed by atoms with Gasteiger partial charge in [-0.15, -0.1) is 0 Å². The fraction of sp³-hybridized carbons (Fsp3) is 0.381. The highest BCUT2D eigenvalue weighted by Gasteiger charge is 2.30. The minimum atomic E-state index is -4.41. The van der Waals surface area contributed by atoms with Gasteiger partial charge in [0.05, 0.1) is 12.0 Å². The van der Waals surface area contributed by atoms with Gasteiger partial charge < -0.3 is 4.90 Å². The number of carbonyl (C=O) groups excluding carboxylic acids is 1. The molecule has 1 amide bonds. The first-order valence-electron chi connectivity index (χ1n) is 9.22. The van der Waals surface area contributed by atoms with Crippen LogP contribution in [0.2, 0.25) is 0 Å². The van der Waals surface area contributed by atoms with Crippen molar-refractivity contribution in [3.8, 4) is 0 Å². The van der Waals surface area contributed by atoms with Crippen LogP contribution in [0.5, 0.6) is 0 Å². The molecule has 1 aliphatic rings. The van der Waals surface area contributed by atoms with Gasteiger partial charge in [0.1, 0.15) is 5.82 Å². The number of rotatable bonds is 4. The molecule has 0 aliphatic carbocycles. The molecule has 2 aromatic rings. The Bertz CT molecular complexity index is 805. The second kappa shape index (κ2) is 8.73. The third kappa shape index (κ3) is 5.55. The van der Waals surface area contributed by atoms with Crippen molar-refractivity contribution < 1.29 is 22.4 Å². The molecule has 0 radical (unpaired) electrons. The largest absolute Gasteiger partial charge is 0.416 e. The van der Waals surface area contributed by atoms with E-state index in [1.54, 1.807) is 23.1 Å². The maximum atomic E-state index is 13.0. The molecule has 7 heteroatoms. The Balaban J connectivity index is 1.56. The van der Waals surface area contributed by atoms with Crippen molar-refractivity contribution in [2.75, 3.05) is 26.2 Å². The molecule has 28 heavy (non-hydrogen) atoms. The van der Waals surface area contributed by atoms with Gasteiger partial charge in [0, 0.05) is 32.7 Å². The molecule has 1 aliphatic heterocycles. The number of hydrogen-bond donors (Lipinski definition) is 0. The second-order valence-corrected chi connectivity index (χ2v) is 7.01. The summed E-state index contributed by atoms with van der Waals surface area (Å²) in [6.07, 6.45) is -3.67. The molecule has 0 atom stereocenters. The summed E-state index contributed by atoms with van der Waals surface area (Å²) in [6, 6.07) is 11.3. The highest BCUT2D eigenvalue weighted by molar-refractivity contribution is 5.78. The van der Waals surface area contributed by atoms with Gasteiger partial charge in [-0.05, 0) is 35.7 Å². The minimum Gasteiger partial charge on any atom is -0.341 e. The van der Waals surface area contributed by atoms with E-state index in [2.05, 4.69) is 4.90 Å². The summed E-state index contributed by atoms with van der Waals surface area (Å²) < 4.78 is 51.5. The van der Waals surface area contributed by atoms with E-state index >= 15 is 0 Å². The average Bonchev–Trinajstić information content (AvgIpc) is 2.89. The van der Waals surface area contributed by atoms with Crippen molar-refractivity contribution in [3.63, 3.8) is 0 Å². The number of halogens is 4. The van der Waals surface area contributed by atoms with E-state index in [0.717, 1.165) is 30.7 Å². The molecule has 1 heterocycles. The molecule has 0 N–H and O–H groups in total. The van der Waals surface area contributed by atoms with Crippen molar-refractivity contribution in [2.45, 2.75) is 25.6 Å². The lowest BCUT2D eigenvalue weighted by Gasteiger charge is -2.22. The van der Waals surface area contributed by atoms with E-state index in [1.807, 2.05) is 0 Å². The van der Waals surface area contributed by atoms with Crippen LogP contribution in [0, 0.1) is 5.82 Å². The van der Waals surface area contributed by atoms with Crippen molar-refractivity contribution in [1.29, 1.82) is 0 Å². The molecule has 3 rings (SSSR count). The second-order valence-electron chi connectivity index (χ2n) is 7.01. The first-order chi connectivity index (χ1) is 13.3. The number of benzene rings is 2. The third-order valence-corrected chi connectivity index (χ3v) is 4.87. The normalized spacial score (nSPS) is 16.1. The topological polar surface area (TPSA) is 23.6 Å². The number of amides is 1. The number of hydrogen-bond acceptors (Lipinski definition) is 2. The quantitative estimate of drug-likeness (QED) is 0.729. The highest BCUT2D eigenvalue weighted by atomic mass is 19.4. The molecule has 0 bridgehead atoms. The monoisotopic (exact) mass is 394 g/mol. The molecule has 0 saturated carbocycles. The Morgan fingerprint density at radius 1 is 0.929 bits per heavy atom. The first-order valence-corrected chi connectivity index (χ1v) is 9.22. The van der Waals surface area contributed by atoms with Crippen LogP contribution in [0.25, 0.3) is 0 Å². The third-order valence-electron chi connectivity index (χ3n) is 4.87. The molecule has 1 saturated heterocycles. The zero-order valence-corrected chi connectivity index (χ0v) is 15.4. The molecule has 0 aromatic heterocycles. The maximum absolute atomic E-state index is 13.0. The van der Waals surface area contributed by atoms with Gasteiger partial charge in [0.2, 0.25) is 5.91 Å². The average molecular weight is 394 g/mol. The smallest absolute Gasteiger partial charge is 0.341 e. The van der Waals surface area contributed by atoms with Crippen LogP contribution >= 0.6 is 0 Å². The Labute approximate surface area is 161 Å². The molecule has 0 spiro atoms. The standard InChI is InChI=1S/C21H22F4N2O/c22-19-7-5-16(6-8-19)15-26-9-2-10-27(12-11-26)20(28)14-17-3-1-4-18(13-17)21(23,24)25/h1,3-8,13H,2,9-12,14-15H2. The predicted molar refractivity (Wildman–Crippen MR) is 98.0 cm³/mol. The molecule has 3 nitrogen and oxygen atoms in total. The van der Waals surface area contributed by atoms with Crippen molar-refractivity contribution >= 4 is 5.91 Å². The number of alkyl halides is 3. The van der Waals surface area contributed by atoms with E-state index in [4.69, 9.17) is 0 Å². The zero-order chi connectivity index (χ0) is 20.1. The first kappa shape index (κ1) is 20.3. The fourth-order valence-corrected chi connectivity index (χ4v) is 3.37. The summed E-state index contributed by atoms with van der Waals surface area (Å²) in [7, 11) is 0. The Morgan fingerprint density at radius 3 is 2.39 bits per heavy atom. The van der Waals surface area contributed by atoms with Gasteiger partial charge >= 0.3 is 6.18 Å². The van der Waals surface area contributed by atoms with Crippen LogP contribution in [0.3, 0.4) is 0 Å². The molecular weight excluding hydrogens is 372 g/mol. The van der Waals surface area contributed by atoms with Crippen LogP contribution in [0.1, 0.15) is 23.1 Å². The maximum Gasteiger partial charge on any atom is 0.416 e. The van der Waals surface area contributed by atoms with Crippen molar-refractivity contribution in [3.05, 3.63) is 71.0 Å². The Kier molecular flexibility index (Phi) is 6.34. The molecule has 1 fully saturated rings. The van der Waals surface area contributed by atoms with Crippen molar-refractivity contribution in [2.24, 2.45) is 0 Å². The SMILES string of the molecule is O=C(Cc1cccc(C(F)(F)F)c1)N1CCCN(Cc2ccc(F)cc2)CC1. The summed E-state index contributed by atoms with van der Waals surface area (Å²) in [4.78, 5) is 16.5. The lowest BCUT2D eigenvalue weighted by Crippen LogP contribution is -2.36. The van der Waals surface area contributed by atoms with Crippen LogP contribution < -0.4 is 0 Å². The van der Waals surface area contributed by atoms with E-state index in [-0.39, 0.29) is 18.1 Å². The van der Waals surface area contributed by atoms with Crippen molar-refractivity contribution in [1.82, 2.24) is 9.80 Å². The molecular formula is C21H22F4N2O. The van der Waals surface area contributed by atoms with E-state index in [9.17, 15) is 22.4 Å². The van der Waals surface area contributed by atoms with Gasteiger partial charge in [-0.1, -0.05) is 30.3 Å². The zero-order valence-electron chi connectivity index (χ0n) is 15.4. The van der Waals surface area contributed by atoms with Crippen LogP contribution in [0.4, 0.5) is 17.6 Å². The predicted octanol–water partition coefficient (Wildman–Crippen LogP) is 4.12. The van der Waals surface area contributed by atoms with Gasteiger partial charge in [0.15, 0.2) is 0 Å². The summed E-state index contributed by atoms with van der Waals surface area (Å²) >= 11 is 0. The summed E-state index contributed by atoms with van der Waals surface area (Å²) in [5.41, 5.74) is 0.636. The summed E-state index contributed by atoms with van der Waals surface area (Å²) in [6.45, 7) is 3.27. The van der Waals surface area contributed by atoms with E-state index in [1.165, 1.54) is 18.2 Å². The Hall–Kier alpha value is -2.41. The lowest BCUT2D eigenvalue weighted by atomic mass is 10.1. The molecule has 0 unspecified atom stereocenters. The van der Waals surface area contributed by atoms with Crippen LogP contribution in [-0.2, 0) is 23.9 Å². The van der Waals surface area contributed by atoms with Crippen LogP contribution in [-0.4, -0.2) is 41.9 Å². The van der Waals surface area contributed by atoms with E-state index in [0.29, 0.717) is 31.7 Å². The number of carbonyl (C=O) groups is 1. The lowest BCUT2D eigenvalue weighted by molar-refractivity contribution is -0.138. The van der Waals surface area contributed by atoms with Gasteiger partial charge in [0.25, 0.3) is 0 Å². The minimum absolute atomic E-state index is 0.0398. The molecule has 2 aromatic carbocycles. The summed E-state index contributed by atoms with van der Waals surface area (Å²) in [5.74, 6) is -0.436. The van der Waals surface area contributed by atoms with Crippen LogP contribution in [0.15, 0.2) is 48.5 Å². The molecule has 150 valence electrons.